The van der Waals surface area contributed by atoms with Gasteiger partial charge in [-0.25, -0.2) is 4.79 Å². The molecule has 9 heteroatoms. The van der Waals surface area contributed by atoms with E-state index in [0.717, 1.165) is 16.7 Å². The van der Waals surface area contributed by atoms with Crippen molar-refractivity contribution in [1.29, 1.82) is 0 Å². The second kappa shape index (κ2) is 13.6. The van der Waals surface area contributed by atoms with Crippen LogP contribution in [0.15, 0.2) is 48.5 Å². The zero-order valence-corrected chi connectivity index (χ0v) is 21.9. The van der Waals surface area contributed by atoms with E-state index in [4.69, 9.17) is 21.1 Å². The molecule has 36 heavy (non-hydrogen) atoms. The molecule has 0 saturated carbocycles. The SMILES string of the molecule is CCOC(=O)CC(=O)CNC(=O)CCN(Cc1ccc(-c2ccccc2)c(Cl)c1)C(=O)OC(C)(C)C. The summed E-state index contributed by atoms with van der Waals surface area (Å²) in [4.78, 5) is 49.8. The Labute approximate surface area is 216 Å². The molecular weight excluding hydrogens is 484 g/mol. The molecule has 0 saturated heterocycles. The maximum atomic E-state index is 12.8. The van der Waals surface area contributed by atoms with Crippen LogP contribution in [0.1, 0.15) is 46.1 Å². The fraction of sp³-hybridized carbons (Fsp3) is 0.407. The molecule has 2 amide bonds. The summed E-state index contributed by atoms with van der Waals surface area (Å²) in [6.45, 7) is 7.05. The van der Waals surface area contributed by atoms with Crippen LogP contribution in [0.5, 0.6) is 0 Å². The van der Waals surface area contributed by atoms with Crippen molar-refractivity contribution in [3.8, 4) is 11.1 Å². The van der Waals surface area contributed by atoms with Gasteiger partial charge >= 0.3 is 12.1 Å². The van der Waals surface area contributed by atoms with Crippen molar-refractivity contribution in [3.05, 3.63) is 59.1 Å². The van der Waals surface area contributed by atoms with Gasteiger partial charge in [0.1, 0.15) is 12.0 Å². The van der Waals surface area contributed by atoms with Crippen LogP contribution in [0, 0.1) is 0 Å². The van der Waals surface area contributed by atoms with Crippen LogP contribution >= 0.6 is 11.6 Å². The molecule has 0 heterocycles. The topological polar surface area (TPSA) is 102 Å². The minimum atomic E-state index is -0.716. The van der Waals surface area contributed by atoms with E-state index in [1.54, 1.807) is 33.8 Å². The van der Waals surface area contributed by atoms with E-state index in [9.17, 15) is 19.2 Å². The first kappa shape index (κ1) is 28.8. The van der Waals surface area contributed by atoms with Crippen LogP contribution in [-0.2, 0) is 30.4 Å². The van der Waals surface area contributed by atoms with Gasteiger partial charge in [-0.2, -0.15) is 0 Å². The van der Waals surface area contributed by atoms with Crippen molar-refractivity contribution in [2.75, 3.05) is 19.7 Å². The highest BCUT2D eigenvalue weighted by molar-refractivity contribution is 6.33. The first-order chi connectivity index (χ1) is 17.0. The smallest absolute Gasteiger partial charge is 0.410 e. The third-order valence-corrected chi connectivity index (χ3v) is 5.19. The second-order valence-electron chi connectivity index (χ2n) is 9.13. The van der Waals surface area contributed by atoms with Gasteiger partial charge in [-0.3, -0.25) is 14.4 Å². The molecule has 0 aromatic heterocycles. The molecule has 194 valence electrons. The van der Waals surface area contributed by atoms with Gasteiger partial charge in [-0.15, -0.1) is 0 Å². The molecular formula is C27H33ClN2O6. The number of halogens is 1. The van der Waals surface area contributed by atoms with Crippen LogP contribution in [0.4, 0.5) is 4.79 Å². The maximum Gasteiger partial charge on any atom is 0.410 e. The Hall–Kier alpha value is -3.39. The summed E-state index contributed by atoms with van der Waals surface area (Å²) in [6, 6.07) is 15.3. The molecule has 2 aromatic rings. The van der Waals surface area contributed by atoms with Gasteiger partial charge in [0, 0.05) is 30.1 Å². The Morgan fingerprint density at radius 2 is 1.72 bits per heavy atom. The average Bonchev–Trinajstić information content (AvgIpc) is 2.80. The number of rotatable bonds is 11. The Kier molecular flexibility index (Phi) is 10.9. The standard InChI is InChI=1S/C27H33ClN2O6/c1-5-35-25(33)16-21(31)17-29-24(32)13-14-30(26(34)36-27(2,3)4)18-19-11-12-22(23(28)15-19)20-9-7-6-8-10-20/h6-12,15H,5,13-14,16-18H2,1-4H3,(H,29,32). The largest absolute Gasteiger partial charge is 0.466 e. The Bertz CT molecular complexity index is 1070. The van der Waals surface area contributed by atoms with E-state index in [1.807, 2.05) is 42.5 Å². The first-order valence-corrected chi connectivity index (χ1v) is 12.1. The van der Waals surface area contributed by atoms with Gasteiger partial charge < -0.3 is 19.7 Å². The molecule has 2 rings (SSSR count). The van der Waals surface area contributed by atoms with Gasteiger partial charge in [0.05, 0.1) is 13.2 Å². The van der Waals surface area contributed by atoms with Gasteiger partial charge in [0.2, 0.25) is 5.91 Å². The number of ketones is 1. The van der Waals surface area contributed by atoms with Crippen molar-refractivity contribution in [3.63, 3.8) is 0 Å². The quantitative estimate of drug-likeness (QED) is 0.341. The van der Waals surface area contributed by atoms with Crippen molar-refractivity contribution >= 4 is 35.4 Å². The van der Waals surface area contributed by atoms with Gasteiger partial charge in [0.25, 0.3) is 0 Å². The number of nitrogens with zero attached hydrogens (tertiary/aromatic N) is 1. The number of nitrogens with one attached hydrogen (secondary N) is 1. The Morgan fingerprint density at radius 3 is 2.33 bits per heavy atom. The number of carbonyl (C=O) groups is 4. The number of benzene rings is 2. The highest BCUT2D eigenvalue weighted by Crippen LogP contribution is 2.29. The summed E-state index contributed by atoms with van der Waals surface area (Å²) in [6.07, 6.45) is -1.03. The Balaban J connectivity index is 2.03. The fourth-order valence-corrected chi connectivity index (χ4v) is 3.56. The molecule has 2 aromatic carbocycles. The average molecular weight is 517 g/mol. The van der Waals surface area contributed by atoms with E-state index in [1.165, 1.54) is 4.90 Å². The van der Waals surface area contributed by atoms with E-state index >= 15 is 0 Å². The summed E-state index contributed by atoms with van der Waals surface area (Å²) in [5.41, 5.74) is 1.91. The predicted octanol–water partition coefficient (Wildman–Crippen LogP) is 4.77. The molecule has 0 unspecified atom stereocenters. The maximum absolute atomic E-state index is 12.8. The molecule has 0 spiro atoms. The highest BCUT2D eigenvalue weighted by atomic mass is 35.5. The minimum Gasteiger partial charge on any atom is -0.466 e. The first-order valence-electron chi connectivity index (χ1n) is 11.7. The zero-order valence-electron chi connectivity index (χ0n) is 21.1. The highest BCUT2D eigenvalue weighted by Gasteiger charge is 2.23. The predicted molar refractivity (Wildman–Crippen MR) is 137 cm³/mol. The lowest BCUT2D eigenvalue weighted by atomic mass is 10.0. The zero-order chi connectivity index (χ0) is 26.7. The number of ether oxygens (including phenoxy) is 2. The van der Waals surface area contributed by atoms with Crippen LogP contribution in [0.3, 0.4) is 0 Å². The van der Waals surface area contributed by atoms with Crippen LogP contribution in [0.25, 0.3) is 11.1 Å². The van der Waals surface area contributed by atoms with E-state index in [-0.39, 0.29) is 32.7 Å². The van der Waals surface area contributed by atoms with E-state index in [0.29, 0.717) is 5.02 Å². The molecule has 0 radical (unpaired) electrons. The molecule has 0 aliphatic carbocycles. The van der Waals surface area contributed by atoms with Crippen LogP contribution in [-0.4, -0.2) is 54.0 Å². The number of carbonyl (C=O) groups excluding carboxylic acids is 4. The molecule has 0 atom stereocenters. The van der Waals surface area contributed by atoms with Crippen LogP contribution in [0.2, 0.25) is 5.02 Å². The summed E-state index contributed by atoms with van der Waals surface area (Å²) >= 11 is 6.52. The number of esters is 1. The monoisotopic (exact) mass is 516 g/mol. The van der Waals surface area contributed by atoms with Gasteiger partial charge in [-0.1, -0.05) is 54.1 Å². The third-order valence-electron chi connectivity index (χ3n) is 4.88. The summed E-state index contributed by atoms with van der Waals surface area (Å²) < 4.78 is 10.2. The lowest BCUT2D eigenvalue weighted by Crippen LogP contribution is -2.39. The summed E-state index contributed by atoms with van der Waals surface area (Å²) in [5, 5.41) is 3.02. The van der Waals surface area contributed by atoms with Gasteiger partial charge in [0.15, 0.2) is 5.78 Å². The summed E-state index contributed by atoms with van der Waals surface area (Å²) in [5.74, 6) is -1.53. The van der Waals surface area contributed by atoms with Crippen molar-refractivity contribution in [2.45, 2.75) is 52.7 Å². The van der Waals surface area contributed by atoms with Gasteiger partial charge in [-0.05, 0) is 44.9 Å². The Morgan fingerprint density at radius 1 is 1.03 bits per heavy atom. The molecule has 0 aliphatic rings. The summed E-state index contributed by atoms with van der Waals surface area (Å²) in [7, 11) is 0. The van der Waals surface area contributed by atoms with E-state index in [2.05, 4.69) is 5.32 Å². The number of amides is 2. The second-order valence-corrected chi connectivity index (χ2v) is 9.54. The number of hydrogen-bond acceptors (Lipinski definition) is 6. The normalized spacial score (nSPS) is 10.9. The molecule has 0 fully saturated rings. The van der Waals surface area contributed by atoms with Crippen molar-refractivity contribution in [2.24, 2.45) is 0 Å². The minimum absolute atomic E-state index is 0.0538. The molecule has 0 aliphatic heterocycles. The lowest BCUT2D eigenvalue weighted by Gasteiger charge is -2.27. The lowest BCUT2D eigenvalue weighted by molar-refractivity contribution is -0.145. The fourth-order valence-electron chi connectivity index (χ4n) is 3.25. The number of Topliss-reactive ketones (excluding diaryl/α,β-unsaturated/α-hetero) is 1. The third kappa shape index (κ3) is 10.1. The van der Waals surface area contributed by atoms with Crippen molar-refractivity contribution < 1.29 is 28.7 Å². The molecule has 8 nitrogen and oxygen atoms in total. The number of hydrogen-bond donors (Lipinski definition) is 1. The van der Waals surface area contributed by atoms with E-state index < -0.39 is 35.8 Å². The molecule has 1 N–H and O–H groups in total. The van der Waals surface area contributed by atoms with Crippen LogP contribution < -0.4 is 5.32 Å². The molecule has 0 bridgehead atoms. The van der Waals surface area contributed by atoms with Crippen molar-refractivity contribution in [1.82, 2.24) is 10.2 Å².